The maximum Gasteiger partial charge on any atom is 0.232 e. The third-order valence-electron chi connectivity index (χ3n) is 4.03. The number of anilines is 3. The molecule has 1 aromatic heterocycles. The summed E-state index contributed by atoms with van der Waals surface area (Å²) < 4.78 is 0. The zero-order valence-electron chi connectivity index (χ0n) is 15.0. The second kappa shape index (κ2) is 7.79. The number of benzene rings is 2. The zero-order chi connectivity index (χ0) is 17.6. The molecule has 128 valence electrons. The van der Waals surface area contributed by atoms with Gasteiger partial charge in [0.05, 0.1) is 0 Å². The molecule has 0 unspecified atom stereocenters. The minimum absolute atomic E-state index is 0.726. The lowest BCUT2D eigenvalue weighted by Crippen LogP contribution is -2.20. The fraction of sp³-hybridized carbons (Fsp3) is 0.238. The van der Waals surface area contributed by atoms with E-state index in [1.807, 2.05) is 31.2 Å². The summed E-state index contributed by atoms with van der Waals surface area (Å²) in [7, 11) is 0. The van der Waals surface area contributed by atoms with Gasteiger partial charge in [0.25, 0.3) is 0 Å². The Morgan fingerprint density at radius 3 is 2.44 bits per heavy atom. The Morgan fingerprint density at radius 2 is 1.72 bits per heavy atom. The Bertz CT molecular complexity index is 830. The van der Waals surface area contributed by atoms with Crippen LogP contribution in [0.25, 0.3) is 0 Å². The highest BCUT2D eigenvalue weighted by molar-refractivity contribution is 5.59. The summed E-state index contributed by atoms with van der Waals surface area (Å²) in [4.78, 5) is 11.5. The van der Waals surface area contributed by atoms with Crippen molar-refractivity contribution in [1.82, 2.24) is 9.97 Å². The highest BCUT2D eigenvalue weighted by atomic mass is 15.3. The second-order valence-electron chi connectivity index (χ2n) is 6.12. The molecule has 0 aliphatic rings. The Morgan fingerprint density at radius 1 is 0.920 bits per heavy atom. The van der Waals surface area contributed by atoms with Crippen molar-refractivity contribution >= 4 is 17.5 Å². The molecule has 0 fully saturated rings. The van der Waals surface area contributed by atoms with Crippen LogP contribution in [-0.2, 0) is 6.54 Å². The molecular formula is C21H24N4. The van der Waals surface area contributed by atoms with Gasteiger partial charge in [0.15, 0.2) is 0 Å². The minimum Gasteiger partial charge on any atom is -0.366 e. The van der Waals surface area contributed by atoms with Gasteiger partial charge in [0, 0.05) is 30.5 Å². The monoisotopic (exact) mass is 332 g/mol. The summed E-state index contributed by atoms with van der Waals surface area (Å²) in [6.07, 6.45) is 0. The van der Waals surface area contributed by atoms with Gasteiger partial charge in [-0.1, -0.05) is 42.5 Å². The Balaban J connectivity index is 1.84. The maximum absolute atomic E-state index is 4.73. The van der Waals surface area contributed by atoms with Gasteiger partial charge in [-0.25, -0.2) is 4.98 Å². The highest BCUT2D eigenvalue weighted by Gasteiger charge is 2.12. The molecule has 0 amide bonds. The van der Waals surface area contributed by atoms with Gasteiger partial charge in [-0.2, -0.15) is 4.98 Å². The highest BCUT2D eigenvalue weighted by Crippen LogP contribution is 2.24. The van der Waals surface area contributed by atoms with Crippen LogP contribution in [0, 0.1) is 13.8 Å². The normalized spacial score (nSPS) is 10.5. The van der Waals surface area contributed by atoms with E-state index in [4.69, 9.17) is 4.98 Å². The lowest BCUT2D eigenvalue weighted by atomic mass is 10.2. The van der Waals surface area contributed by atoms with Crippen molar-refractivity contribution in [2.75, 3.05) is 16.8 Å². The van der Waals surface area contributed by atoms with Crippen LogP contribution in [-0.4, -0.2) is 16.5 Å². The number of aryl methyl sites for hydroxylation is 2. The van der Waals surface area contributed by atoms with Gasteiger partial charge in [-0.15, -0.1) is 0 Å². The molecule has 0 aliphatic heterocycles. The first-order valence-corrected chi connectivity index (χ1v) is 8.63. The molecule has 3 aromatic rings. The van der Waals surface area contributed by atoms with E-state index in [1.165, 1.54) is 11.1 Å². The Hall–Kier alpha value is -2.88. The van der Waals surface area contributed by atoms with Crippen LogP contribution < -0.4 is 10.2 Å². The van der Waals surface area contributed by atoms with E-state index in [-0.39, 0.29) is 0 Å². The van der Waals surface area contributed by atoms with Crippen LogP contribution in [0.5, 0.6) is 0 Å². The number of nitrogens with one attached hydrogen (secondary N) is 1. The van der Waals surface area contributed by atoms with E-state index in [9.17, 15) is 0 Å². The van der Waals surface area contributed by atoms with E-state index in [0.29, 0.717) is 0 Å². The van der Waals surface area contributed by atoms with Crippen molar-refractivity contribution < 1.29 is 0 Å². The van der Waals surface area contributed by atoms with Crippen LogP contribution >= 0.6 is 0 Å². The van der Waals surface area contributed by atoms with Gasteiger partial charge >= 0.3 is 0 Å². The predicted molar refractivity (Wildman–Crippen MR) is 104 cm³/mol. The molecule has 0 spiro atoms. The first kappa shape index (κ1) is 17.0. The van der Waals surface area contributed by atoms with Crippen LogP contribution in [0.3, 0.4) is 0 Å². The molecule has 4 heteroatoms. The van der Waals surface area contributed by atoms with E-state index in [0.717, 1.165) is 36.2 Å². The summed E-state index contributed by atoms with van der Waals surface area (Å²) in [6, 6.07) is 20.7. The lowest BCUT2D eigenvalue weighted by molar-refractivity contribution is 0.929. The van der Waals surface area contributed by atoms with Crippen molar-refractivity contribution in [2.24, 2.45) is 0 Å². The lowest BCUT2D eigenvalue weighted by Gasteiger charge is -2.22. The first-order chi connectivity index (χ1) is 12.2. The number of hydrogen-bond donors (Lipinski definition) is 1. The number of hydrogen-bond acceptors (Lipinski definition) is 4. The van der Waals surface area contributed by atoms with E-state index in [2.05, 4.69) is 65.4 Å². The molecule has 0 bridgehead atoms. The molecule has 0 radical (unpaired) electrons. The number of rotatable bonds is 6. The summed E-state index contributed by atoms with van der Waals surface area (Å²) >= 11 is 0. The maximum atomic E-state index is 4.73. The van der Waals surface area contributed by atoms with Gasteiger partial charge in [-0.3, -0.25) is 0 Å². The quantitative estimate of drug-likeness (QED) is 0.699. The van der Waals surface area contributed by atoms with Crippen LogP contribution in [0.4, 0.5) is 17.5 Å². The van der Waals surface area contributed by atoms with Crippen LogP contribution in [0.1, 0.15) is 23.7 Å². The van der Waals surface area contributed by atoms with Crippen molar-refractivity contribution in [1.29, 1.82) is 0 Å². The third-order valence-corrected chi connectivity index (χ3v) is 4.03. The standard InChI is InChI=1S/C21H24N4/c1-4-25(19-12-8-9-16(2)13-19)21-23-17(3)14-20(24-21)22-15-18-10-6-5-7-11-18/h5-14H,4,15H2,1-3H3,(H,22,23,24). The van der Waals surface area contributed by atoms with Crippen molar-refractivity contribution in [3.05, 3.63) is 77.5 Å². The van der Waals surface area contributed by atoms with Crippen molar-refractivity contribution in [3.63, 3.8) is 0 Å². The summed E-state index contributed by atoms with van der Waals surface area (Å²) in [5, 5.41) is 3.41. The van der Waals surface area contributed by atoms with Gasteiger partial charge in [0.2, 0.25) is 5.95 Å². The number of aromatic nitrogens is 2. The van der Waals surface area contributed by atoms with E-state index < -0.39 is 0 Å². The number of nitrogens with zero attached hydrogens (tertiary/aromatic N) is 3. The van der Waals surface area contributed by atoms with Crippen molar-refractivity contribution in [3.8, 4) is 0 Å². The molecular weight excluding hydrogens is 308 g/mol. The molecule has 0 atom stereocenters. The van der Waals surface area contributed by atoms with E-state index >= 15 is 0 Å². The molecule has 4 nitrogen and oxygen atoms in total. The minimum atomic E-state index is 0.726. The smallest absolute Gasteiger partial charge is 0.232 e. The topological polar surface area (TPSA) is 41.1 Å². The molecule has 0 saturated carbocycles. The Labute approximate surface area is 149 Å². The second-order valence-corrected chi connectivity index (χ2v) is 6.12. The summed E-state index contributed by atoms with van der Waals surface area (Å²) in [5.74, 6) is 1.57. The van der Waals surface area contributed by atoms with Gasteiger partial charge in [0.1, 0.15) is 5.82 Å². The van der Waals surface area contributed by atoms with Crippen LogP contribution in [0.15, 0.2) is 60.7 Å². The predicted octanol–water partition coefficient (Wildman–Crippen LogP) is 4.86. The molecule has 0 saturated heterocycles. The average molecular weight is 332 g/mol. The SMILES string of the molecule is CCN(c1cccc(C)c1)c1nc(C)cc(NCc2ccccc2)n1. The molecule has 25 heavy (non-hydrogen) atoms. The van der Waals surface area contributed by atoms with Gasteiger partial charge in [-0.05, 0) is 44.0 Å². The molecule has 2 aromatic carbocycles. The summed E-state index contributed by atoms with van der Waals surface area (Å²) in [6.45, 7) is 7.77. The first-order valence-electron chi connectivity index (χ1n) is 8.63. The molecule has 1 heterocycles. The summed E-state index contributed by atoms with van der Waals surface area (Å²) in [5.41, 5.74) is 4.52. The molecule has 1 N–H and O–H groups in total. The van der Waals surface area contributed by atoms with E-state index in [1.54, 1.807) is 0 Å². The third kappa shape index (κ3) is 4.35. The van der Waals surface area contributed by atoms with Crippen molar-refractivity contribution in [2.45, 2.75) is 27.3 Å². The Kier molecular flexibility index (Phi) is 5.29. The fourth-order valence-corrected chi connectivity index (χ4v) is 2.79. The van der Waals surface area contributed by atoms with Crippen LogP contribution in [0.2, 0.25) is 0 Å². The fourth-order valence-electron chi connectivity index (χ4n) is 2.79. The molecule has 3 rings (SSSR count). The average Bonchev–Trinajstić information content (AvgIpc) is 2.61. The molecule has 0 aliphatic carbocycles. The largest absolute Gasteiger partial charge is 0.366 e. The van der Waals surface area contributed by atoms with Gasteiger partial charge < -0.3 is 10.2 Å². The zero-order valence-corrected chi connectivity index (χ0v) is 15.0.